The highest BCUT2D eigenvalue weighted by Gasteiger charge is 2.22. The lowest BCUT2D eigenvalue weighted by molar-refractivity contribution is 0.170. The van der Waals surface area contributed by atoms with Crippen molar-refractivity contribution in [3.05, 3.63) is 54.9 Å². The normalized spacial score (nSPS) is 15.1. The van der Waals surface area contributed by atoms with E-state index in [2.05, 4.69) is 10.3 Å². The van der Waals surface area contributed by atoms with E-state index in [-0.39, 0.29) is 6.03 Å². The molecule has 126 valence electrons. The number of likely N-dealkylation sites (tertiary alicyclic amines) is 1. The zero-order valence-electron chi connectivity index (χ0n) is 13.7. The van der Waals surface area contributed by atoms with Crippen molar-refractivity contribution in [1.82, 2.24) is 9.88 Å². The van der Waals surface area contributed by atoms with E-state index in [1.165, 1.54) is 0 Å². The van der Waals surface area contributed by atoms with Gasteiger partial charge in [0.1, 0.15) is 5.75 Å². The van der Waals surface area contributed by atoms with Crippen LogP contribution in [-0.2, 0) is 0 Å². The molecule has 0 bridgehead atoms. The van der Waals surface area contributed by atoms with E-state index in [0.717, 1.165) is 43.8 Å². The fourth-order valence-corrected chi connectivity index (χ4v) is 2.92. The summed E-state index contributed by atoms with van der Waals surface area (Å²) < 4.78 is 5.71. The summed E-state index contributed by atoms with van der Waals surface area (Å²) in [5, 5.41) is 2.95. The fourth-order valence-electron chi connectivity index (χ4n) is 2.92. The van der Waals surface area contributed by atoms with Gasteiger partial charge in [0.25, 0.3) is 0 Å². The Balaban J connectivity index is 1.37. The van der Waals surface area contributed by atoms with Crippen LogP contribution < -0.4 is 10.1 Å². The van der Waals surface area contributed by atoms with Crippen molar-refractivity contribution >= 4 is 11.7 Å². The molecule has 5 heteroatoms. The van der Waals surface area contributed by atoms with Gasteiger partial charge >= 0.3 is 6.03 Å². The molecule has 0 spiro atoms. The molecular formula is C19H23N3O2. The molecule has 5 nitrogen and oxygen atoms in total. The van der Waals surface area contributed by atoms with Gasteiger partial charge in [-0.3, -0.25) is 4.98 Å². The predicted molar refractivity (Wildman–Crippen MR) is 94.1 cm³/mol. The summed E-state index contributed by atoms with van der Waals surface area (Å²) in [5.74, 6) is 1.43. The lowest BCUT2D eigenvalue weighted by Crippen LogP contribution is -2.41. The summed E-state index contributed by atoms with van der Waals surface area (Å²) in [5.41, 5.74) is 0.842. The molecule has 1 aliphatic heterocycles. The molecule has 1 aromatic carbocycles. The van der Waals surface area contributed by atoms with Gasteiger partial charge in [0.05, 0.1) is 12.8 Å². The molecule has 1 N–H and O–H groups in total. The number of ether oxygens (including phenoxy) is 1. The highest BCUT2D eigenvalue weighted by atomic mass is 16.5. The maximum atomic E-state index is 12.3. The third kappa shape index (κ3) is 4.72. The Labute approximate surface area is 142 Å². The highest BCUT2D eigenvalue weighted by molar-refractivity contribution is 5.89. The van der Waals surface area contributed by atoms with E-state index in [0.29, 0.717) is 12.5 Å². The van der Waals surface area contributed by atoms with E-state index < -0.39 is 0 Å². The zero-order valence-corrected chi connectivity index (χ0v) is 13.7. The first-order valence-corrected chi connectivity index (χ1v) is 8.45. The molecular weight excluding hydrogens is 302 g/mol. The van der Waals surface area contributed by atoms with E-state index >= 15 is 0 Å². The SMILES string of the molecule is O=C(Nc1ccccc1)N1CCC(CCOc2cccnc2)CC1. The number of aromatic nitrogens is 1. The number of urea groups is 1. The number of piperidine rings is 1. The van der Waals surface area contributed by atoms with Crippen LogP contribution in [-0.4, -0.2) is 35.6 Å². The lowest BCUT2D eigenvalue weighted by Gasteiger charge is -2.32. The quantitative estimate of drug-likeness (QED) is 0.910. The number of hydrogen-bond donors (Lipinski definition) is 1. The number of rotatable bonds is 5. The molecule has 0 aliphatic carbocycles. The predicted octanol–water partition coefficient (Wildman–Crippen LogP) is 3.79. The molecule has 0 saturated carbocycles. The first-order chi connectivity index (χ1) is 11.8. The Kier molecular flexibility index (Phi) is 5.66. The third-order valence-electron chi connectivity index (χ3n) is 4.36. The molecule has 0 unspecified atom stereocenters. The molecule has 2 aromatic rings. The summed E-state index contributed by atoms with van der Waals surface area (Å²) in [6.07, 6.45) is 6.54. The van der Waals surface area contributed by atoms with Crippen LogP contribution in [0.2, 0.25) is 0 Å². The maximum absolute atomic E-state index is 12.3. The molecule has 0 atom stereocenters. The lowest BCUT2D eigenvalue weighted by atomic mass is 9.94. The van der Waals surface area contributed by atoms with Crippen molar-refractivity contribution in [3.8, 4) is 5.75 Å². The molecule has 3 rings (SSSR count). The van der Waals surface area contributed by atoms with E-state index in [1.807, 2.05) is 47.4 Å². The Bertz CT molecular complexity index is 626. The Morgan fingerprint density at radius 3 is 2.67 bits per heavy atom. The van der Waals surface area contributed by atoms with Crippen LogP contribution in [0.15, 0.2) is 54.9 Å². The molecule has 1 aliphatic rings. The number of nitrogens with zero attached hydrogens (tertiary/aromatic N) is 2. The highest BCUT2D eigenvalue weighted by Crippen LogP contribution is 2.21. The van der Waals surface area contributed by atoms with Gasteiger partial charge in [-0.2, -0.15) is 0 Å². The fraction of sp³-hybridized carbons (Fsp3) is 0.368. The Morgan fingerprint density at radius 2 is 1.96 bits per heavy atom. The second-order valence-corrected chi connectivity index (χ2v) is 6.05. The number of para-hydroxylation sites is 1. The third-order valence-corrected chi connectivity index (χ3v) is 4.36. The monoisotopic (exact) mass is 325 g/mol. The molecule has 24 heavy (non-hydrogen) atoms. The van der Waals surface area contributed by atoms with Gasteiger partial charge in [0, 0.05) is 25.0 Å². The van der Waals surface area contributed by atoms with Crippen LogP contribution in [0.25, 0.3) is 0 Å². The first kappa shape index (κ1) is 16.3. The standard InChI is InChI=1S/C19H23N3O2/c23-19(21-17-5-2-1-3-6-17)22-12-8-16(9-13-22)10-14-24-18-7-4-11-20-15-18/h1-7,11,15-16H,8-10,12-14H2,(H,21,23). The summed E-state index contributed by atoms with van der Waals surface area (Å²) in [4.78, 5) is 18.2. The average molecular weight is 325 g/mol. The second kappa shape index (κ2) is 8.34. The van der Waals surface area contributed by atoms with Crippen LogP contribution in [0.1, 0.15) is 19.3 Å². The summed E-state index contributed by atoms with van der Waals surface area (Å²) in [7, 11) is 0. The summed E-state index contributed by atoms with van der Waals surface area (Å²) >= 11 is 0. The van der Waals surface area contributed by atoms with Crippen LogP contribution >= 0.6 is 0 Å². The summed E-state index contributed by atoms with van der Waals surface area (Å²) in [6, 6.07) is 13.4. The summed E-state index contributed by atoms with van der Waals surface area (Å²) in [6.45, 7) is 2.30. The van der Waals surface area contributed by atoms with Gasteiger partial charge in [-0.25, -0.2) is 4.79 Å². The van der Waals surface area contributed by atoms with E-state index in [4.69, 9.17) is 4.74 Å². The van der Waals surface area contributed by atoms with Crippen molar-refractivity contribution in [2.45, 2.75) is 19.3 Å². The van der Waals surface area contributed by atoms with E-state index in [9.17, 15) is 4.79 Å². The van der Waals surface area contributed by atoms with Gasteiger partial charge in [0.15, 0.2) is 0 Å². The molecule has 2 amide bonds. The van der Waals surface area contributed by atoms with Crippen LogP contribution in [0.3, 0.4) is 0 Å². The van der Waals surface area contributed by atoms with Crippen molar-refractivity contribution < 1.29 is 9.53 Å². The maximum Gasteiger partial charge on any atom is 0.321 e. The van der Waals surface area contributed by atoms with Crippen molar-refractivity contribution in [2.75, 3.05) is 25.0 Å². The minimum atomic E-state index is -0.00809. The number of pyridine rings is 1. The molecule has 0 radical (unpaired) electrons. The van der Waals surface area contributed by atoms with Crippen molar-refractivity contribution in [3.63, 3.8) is 0 Å². The number of carbonyl (C=O) groups excluding carboxylic acids is 1. The number of benzene rings is 1. The minimum Gasteiger partial charge on any atom is -0.492 e. The first-order valence-electron chi connectivity index (χ1n) is 8.45. The van der Waals surface area contributed by atoms with Gasteiger partial charge in [-0.15, -0.1) is 0 Å². The van der Waals surface area contributed by atoms with Gasteiger partial charge in [0.2, 0.25) is 0 Å². The largest absolute Gasteiger partial charge is 0.492 e. The van der Waals surface area contributed by atoms with E-state index in [1.54, 1.807) is 12.4 Å². The van der Waals surface area contributed by atoms with Crippen molar-refractivity contribution in [1.29, 1.82) is 0 Å². The number of anilines is 1. The van der Waals surface area contributed by atoms with Crippen molar-refractivity contribution in [2.24, 2.45) is 5.92 Å². The number of hydrogen-bond acceptors (Lipinski definition) is 3. The molecule has 1 aromatic heterocycles. The van der Waals surface area contributed by atoms with Crippen LogP contribution in [0.5, 0.6) is 5.75 Å². The molecule has 1 saturated heterocycles. The molecule has 2 heterocycles. The minimum absolute atomic E-state index is 0.00809. The smallest absolute Gasteiger partial charge is 0.321 e. The molecule has 1 fully saturated rings. The van der Waals surface area contributed by atoms with Gasteiger partial charge in [-0.1, -0.05) is 18.2 Å². The van der Waals surface area contributed by atoms with Gasteiger partial charge in [-0.05, 0) is 49.4 Å². The van der Waals surface area contributed by atoms with Crippen LogP contribution in [0.4, 0.5) is 10.5 Å². The number of amides is 2. The zero-order chi connectivity index (χ0) is 16.6. The Hall–Kier alpha value is -2.56. The second-order valence-electron chi connectivity index (χ2n) is 6.05. The average Bonchev–Trinajstić information content (AvgIpc) is 2.64. The number of nitrogens with one attached hydrogen (secondary N) is 1. The Morgan fingerprint density at radius 1 is 1.17 bits per heavy atom. The topological polar surface area (TPSA) is 54.5 Å². The van der Waals surface area contributed by atoms with Crippen LogP contribution in [0, 0.1) is 5.92 Å². The van der Waals surface area contributed by atoms with Gasteiger partial charge < -0.3 is 15.0 Å². The number of carbonyl (C=O) groups is 1.